The maximum atomic E-state index is 13.6. The van der Waals surface area contributed by atoms with Crippen LogP contribution in [0.25, 0.3) is 0 Å². The molecule has 0 radical (unpaired) electrons. The first-order chi connectivity index (χ1) is 12.1. The number of alkyl halides is 6. The number of nitriles is 2. The predicted octanol–water partition coefficient (Wildman–Crippen LogP) is 5.42. The molecule has 0 saturated carbocycles. The van der Waals surface area contributed by atoms with Gasteiger partial charge < -0.3 is 0 Å². The topological polar surface area (TPSA) is 47.6 Å². The van der Waals surface area contributed by atoms with Crippen LogP contribution in [0.5, 0.6) is 0 Å². The third kappa shape index (κ3) is 4.15. The van der Waals surface area contributed by atoms with Gasteiger partial charge in [-0.05, 0) is 35.4 Å². The van der Waals surface area contributed by atoms with Gasteiger partial charge in [0, 0.05) is 0 Å². The zero-order valence-corrected chi connectivity index (χ0v) is 12.9. The summed E-state index contributed by atoms with van der Waals surface area (Å²) in [5.41, 5.74) is -1.11. The van der Waals surface area contributed by atoms with Gasteiger partial charge in [-0.2, -0.15) is 36.9 Å². The third-order valence-corrected chi connectivity index (χ3v) is 3.84. The smallest absolute Gasteiger partial charge is 0.192 e. The molecule has 134 valence electrons. The lowest BCUT2D eigenvalue weighted by atomic mass is 9.80. The first kappa shape index (κ1) is 19.3. The highest BCUT2D eigenvalue weighted by Crippen LogP contribution is 2.51. The molecule has 0 heterocycles. The summed E-state index contributed by atoms with van der Waals surface area (Å²) < 4.78 is 81.5. The molecule has 2 rings (SSSR count). The fourth-order valence-electron chi connectivity index (χ4n) is 2.67. The van der Waals surface area contributed by atoms with Gasteiger partial charge in [0.15, 0.2) is 0 Å². The molecule has 0 aromatic heterocycles. The van der Waals surface area contributed by atoms with Crippen LogP contribution in [0.15, 0.2) is 48.5 Å². The Morgan fingerprint density at radius 1 is 0.577 bits per heavy atom. The molecule has 2 aromatic carbocycles. The molecule has 2 atom stereocenters. The molecule has 0 saturated heterocycles. The number of halogens is 6. The average molecular weight is 368 g/mol. The Bertz CT molecular complexity index is 763. The Kier molecular flexibility index (Phi) is 5.27. The number of nitrogens with zero attached hydrogens (tertiary/aromatic N) is 2. The summed E-state index contributed by atoms with van der Waals surface area (Å²) in [6, 6.07) is 11.1. The number of hydrogen-bond acceptors (Lipinski definition) is 2. The van der Waals surface area contributed by atoms with Crippen molar-refractivity contribution >= 4 is 0 Å². The summed E-state index contributed by atoms with van der Waals surface area (Å²) >= 11 is 0. The van der Waals surface area contributed by atoms with Crippen LogP contribution in [-0.4, -0.2) is 12.4 Å². The molecule has 2 aromatic rings. The first-order valence-corrected chi connectivity index (χ1v) is 7.21. The summed E-state index contributed by atoms with van der Waals surface area (Å²) in [5, 5.41) is 17.4. The van der Waals surface area contributed by atoms with E-state index in [1.807, 2.05) is 0 Å². The fraction of sp³-hybridized carbons (Fsp3) is 0.222. The molecule has 0 bridgehead atoms. The van der Waals surface area contributed by atoms with E-state index in [0.717, 1.165) is 48.5 Å². The second-order valence-corrected chi connectivity index (χ2v) is 5.51. The number of hydrogen-bond donors (Lipinski definition) is 0. The van der Waals surface area contributed by atoms with Crippen molar-refractivity contribution < 1.29 is 26.3 Å². The second kappa shape index (κ2) is 7.09. The molecule has 0 fully saturated rings. The largest absolute Gasteiger partial charge is 0.396 e. The van der Waals surface area contributed by atoms with Crippen molar-refractivity contribution in [2.75, 3.05) is 0 Å². The van der Waals surface area contributed by atoms with Crippen LogP contribution in [0.2, 0.25) is 0 Å². The Balaban J connectivity index is 2.62. The van der Waals surface area contributed by atoms with Crippen molar-refractivity contribution in [1.29, 1.82) is 10.5 Å². The van der Waals surface area contributed by atoms with Gasteiger partial charge in [-0.3, -0.25) is 0 Å². The molecule has 0 aliphatic carbocycles. The van der Waals surface area contributed by atoms with Gasteiger partial charge in [-0.25, -0.2) is 0 Å². The predicted molar refractivity (Wildman–Crippen MR) is 79.9 cm³/mol. The van der Waals surface area contributed by atoms with E-state index in [0.29, 0.717) is 0 Å². The van der Waals surface area contributed by atoms with Crippen molar-refractivity contribution in [3.05, 3.63) is 70.8 Å². The summed E-state index contributed by atoms with van der Waals surface area (Å²) in [6.45, 7) is 0. The standard InChI is InChI=1S/C18H10F6N2/c19-17(20,21)15(13-5-1-11(9-25)2-6-13)16(18(22,23)24)14-7-3-12(10-26)4-8-14/h1-8,15-16H/t15-,16-/m1/s1. The van der Waals surface area contributed by atoms with Crippen molar-refractivity contribution in [2.45, 2.75) is 24.2 Å². The molecule has 0 aliphatic heterocycles. The Morgan fingerprint density at radius 3 is 1.04 bits per heavy atom. The third-order valence-electron chi connectivity index (χ3n) is 3.84. The fourth-order valence-corrected chi connectivity index (χ4v) is 2.67. The molecular formula is C18H10F6N2. The summed E-state index contributed by atoms with van der Waals surface area (Å²) in [6.07, 6.45) is -10.4. The van der Waals surface area contributed by atoms with E-state index in [9.17, 15) is 26.3 Å². The van der Waals surface area contributed by atoms with E-state index < -0.39 is 35.3 Å². The molecule has 0 N–H and O–H groups in total. The maximum Gasteiger partial charge on any atom is 0.396 e. The number of rotatable bonds is 3. The average Bonchev–Trinajstić information content (AvgIpc) is 2.58. The van der Waals surface area contributed by atoms with Crippen LogP contribution in [0, 0.1) is 22.7 Å². The Labute approximate surface area is 144 Å². The van der Waals surface area contributed by atoms with E-state index in [-0.39, 0.29) is 11.1 Å². The van der Waals surface area contributed by atoms with Gasteiger partial charge in [0.1, 0.15) is 0 Å². The van der Waals surface area contributed by atoms with Gasteiger partial charge in [0.2, 0.25) is 0 Å². The summed E-state index contributed by atoms with van der Waals surface area (Å²) in [5.74, 6) is -5.69. The van der Waals surface area contributed by atoms with E-state index >= 15 is 0 Å². The molecule has 0 aliphatic rings. The minimum absolute atomic E-state index is 0.0385. The summed E-state index contributed by atoms with van der Waals surface area (Å²) in [7, 11) is 0. The van der Waals surface area contributed by atoms with E-state index in [2.05, 4.69) is 0 Å². The minimum Gasteiger partial charge on any atom is -0.192 e. The maximum absolute atomic E-state index is 13.6. The van der Waals surface area contributed by atoms with Crippen molar-refractivity contribution in [1.82, 2.24) is 0 Å². The highest BCUT2D eigenvalue weighted by Gasteiger charge is 2.56. The lowest BCUT2D eigenvalue weighted by Crippen LogP contribution is -2.35. The zero-order chi connectivity index (χ0) is 19.5. The highest BCUT2D eigenvalue weighted by molar-refractivity contribution is 5.39. The lowest BCUT2D eigenvalue weighted by Gasteiger charge is -2.31. The van der Waals surface area contributed by atoms with Crippen LogP contribution in [0.3, 0.4) is 0 Å². The SMILES string of the molecule is N#Cc1ccc([C@H]([C@@H](c2ccc(C#N)cc2)C(F)(F)F)C(F)(F)F)cc1. The second-order valence-electron chi connectivity index (χ2n) is 5.51. The van der Waals surface area contributed by atoms with Gasteiger partial charge in [-0.15, -0.1) is 0 Å². The summed E-state index contributed by atoms with van der Waals surface area (Å²) in [4.78, 5) is 0. The number of benzene rings is 2. The molecule has 2 nitrogen and oxygen atoms in total. The van der Waals surface area contributed by atoms with Crippen LogP contribution < -0.4 is 0 Å². The van der Waals surface area contributed by atoms with Gasteiger partial charge >= 0.3 is 12.4 Å². The van der Waals surface area contributed by atoms with Gasteiger partial charge in [-0.1, -0.05) is 24.3 Å². The zero-order valence-electron chi connectivity index (χ0n) is 12.9. The minimum atomic E-state index is -5.18. The normalized spacial score (nSPS) is 14.2. The quantitative estimate of drug-likeness (QED) is 0.679. The van der Waals surface area contributed by atoms with Crippen molar-refractivity contribution in [3.63, 3.8) is 0 Å². The van der Waals surface area contributed by atoms with E-state index in [1.54, 1.807) is 12.1 Å². The first-order valence-electron chi connectivity index (χ1n) is 7.21. The Hall–Kier alpha value is -3.00. The van der Waals surface area contributed by atoms with Crippen LogP contribution in [0.1, 0.15) is 34.1 Å². The molecule has 0 spiro atoms. The van der Waals surface area contributed by atoms with Crippen LogP contribution in [0.4, 0.5) is 26.3 Å². The van der Waals surface area contributed by atoms with Gasteiger partial charge in [0.05, 0.1) is 35.1 Å². The molecule has 8 heteroatoms. The van der Waals surface area contributed by atoms with Crippen molar-refractivity contribution in [3.8, 4) is 12.1 Å². The van der Waals surface area contributed by atoms with Crippen LogP contribution in [-0.2, 0) is 0 Å². The molecule has 0 amide bonds. The molecule has 0 unspecified atom stereocenters. The Morgan fingerprint density at radius 2 is 0.846 bits per heavy atom. The monoisotopic (exact) mass is 368 g/mol. The lowest BCUT2D eigenvalue weighted by molar-refractivity contribution is -0.211. The van der Waals surface area contributed by atoms with E-state index in [1.165, 1.54) is 0 Å². The van der Waals surface area contributed by atoms with Crippen molar-refractivity contribution in [2.24, 2.45) is 0 Å². The molecule has 26 heavy (non-hydrogen) atoms. The molecular weight excluding hydrogens is 358 g/mol. The van der Waals surface area contributed by atoms with Gasteiger partial charge in [0.25, 0.3) is 0 Å². The van der Waals surface area contributed by atoms with E-state index in [4.69, 9.17) is 10.5 Å². The highest BCUT2D eigenvalue weighted by atomic mass is 19.4. The van der Waals surface area contributed by atoms with Crippen LogP contribution >= 0.6 is 0 Å².